The lowest BCUT2D eigenvalue weighted by atomic mass is 10.0. The van der Waals surface area contributed by atoms with E-state index in [2.05, 4.69) is 30.6 Å². The first-order valence-corrected chi connectivity index (χ1v) is 10.3. The van der Waals surface area contributed by atoms with E-state index in [0.29, 0.717) is 17.6 Å². The van der Waals surface area contributed by atoms with Crippen molar-refractivity contribution in [3.05, 3.63) is 57.8 Å². The minimum atomic E-state index is -3.67. The van der Waals surface area contributed by atoms with Crippen LogP contribution in [-0.4, -0.2) is 24.1 Å². The fraction of sp³-hybridized carbons (Fsp3) is 0.235. The zero-order chi connectivity index (χ0) is 18.9. The Kier molecular flexibility index (Phi) is 5.29. The summed E-state index contributed by atoms with van der Waals surface area (Å²) in [6, 6.07) is 3.96. The molecule has 3 rings (SSSR count). The second kappa shape index (κ2) is 7.32. The van der Waals surface area contributed by atoms with Crippen molar-refractivity contribution in [3.8, 4) is 0 Å². The van der Waals surface area contributed by atoms with Crippen molar-refractivity contribution in [3.63, 3.8) is 0 Å². The number of H-pyrrole nitrogens is 1. The lowest BCUT2D eigenvalue weighted by Gasteiger charge is -2.12. The van der Waals surface area contributed by atoms with Gasteiger partial charge in [-0.05, 0) is 46.1 Å². The molecule has 0 aliphatic rings. The second-order valence-electron chi connectivity index (χ2n) is 5.85. The fourth-order valence-corrected chi connectivity index (χ4v) is 4.16. The van der Waals surface area contributed by atoms with Gasteiger partial charge in [-0.25, -0.2) is 22.2 Å². The Morgan fingerprint density at radius 3 is 2.81 bits per heavy atom. The number of aromatic nitrogens is 2. The molecule has 138 valence electrons. The number of benzene rings is 1. The standard InChI is InChI=1S/C17H16BrF2N3O2S/c1-2-5-26(24,25)23-15-4-3-14(19)13(16(15)20)6-10-8-21-17-12(10)7-11(18)9-22-17/h3-4,7-9,23H,2,5-6H2,1H3,(H,21,22). The van der Waals surface area contributed by atoms with Gasteiger partial charge in [0, 0.05) is 34.2 Å². The second-order valence-corrected chi connectivity index (χ2v) is 8.61. The lowest BCUT2D eigenvalue weighted by Crippen LogP contribution is -2.17. The molecular weight excluding hydrogens is 428 g/mol. The van der Waals surface area contributed by atoms with Crippen molar-refractivity contribution in [2.75, 3.05) is 10.5 Å². The summed E-state index contributed by atoms with van der Waals surface area (Å²) in [4.78, 5) is 7.15. The molecule has 2 aromatic heterocycles. The molecule has 0 fully saturated rings. The summed E-state index contributed by atoms with van der Waals surface area (Å²) >= 11 is 3.32. The summed E-state index contributed by atoms with van der Waals surface area (Å²) in [5.41, 5.74) is 0.792. The van der Waals surface area contributed by atoms with E-state index >= 15 is 0 Å². The van der Waals surface area contributed by atoms with Gasteiger partial charge in [0.05, 0.1) is 11.4 Å². The molecule has 0 bridgehead atoms. The average Bonchev–Trinajstić information content (AvgIpc) is 2.96. The number of nitrogens with one attached hydrogen (secondary N) is 2. The molecule has 2 N–H and O–H groups in total. The Labute approximate surface area is 158 Å². The first kappa shape index (κ1) is 18.8. The number of aromatic amines is 1. The molecule has 9 heteroatoms. The molecule has 5 nitrogen and oxygen atoms in total. The SMILES string of the molecule is CCCS(=O)(=O)Nc1ccc(F)c(Cc2c[nH]c3ncc(Br)cc23)c1F. The van der Waals surface area contributed by atoms with Gasteiger partial charge in [-0.3, -0.25) is 4.72 Å². The number of anilines is 1. The van der Waals surface area contributed by atoms with Gasteiger partial charge >= 0.3 is 0 Å². The van der Waals surface area contributed by atoms with Crippen molar-refractivity contribution in [1.29, 1.82) is 0 Å². The highest BCUT2D eigenvalue weighted by Gasteiger charge is 2.19. The summed E-state index contributed by atoms with van der Waals surface area (Å²) in [6.45, 7) is 1.70. The van der Waals surface area contributed by atoms with Crippen LogP contribution in [0.5, 0.6) is 0 Å². The Morgan fingerprint density at radius 1 is 1.31 bits per heavy atom. The molecule has 2 heterocycles. The Hall–Kier alpha value is -2.00. The van der Waals surface area contributed by atoms with Crippen LogP contribution in [0.25, 0.3) is 11.0 Å². The smallest absolute Gasteiger partial charge is 0.232 e. The van der Waals surface area contributed by atoms with Crippen molar-refractivity contribution in [2.24, 2.45) is 0 Å². The Balaban J connectivity index is 1.99. The van der Waals surface area contributed by atoms with Crippen LogP contribution >= 0.6 is 15.9 Å². The van der Waals surface area contributed by atoms with Crippen LogP contribution in [0.4, 0.5) is 14.5 Å². The molecule has 0 aliphatic carbocycles. The molecule has 3 aromatic rings. The van der Waals surface area contributed by atoms with E-state index in [1.807, 2.05) is 0 Å². The number of pyridine rings is 1. The molecule has 0 unspecified atom stereocenters. The topological polar surface area (TPSA) is 74.8 Å². The predicted octanol–water partition coefficient (Wildman–Crippen LogP) is 4.35. The molecule has 0 aliphatic heterocycles. The lowest BCUT2D eigenvalue weighted by molar-refractivity contribution is 0.563. The van der Waals surface area contributed by atoms with E-state index in [-0.39, 0.29) is 23.4 Å². The van der Waals surface area contributed by atoms with Crippen LogP contribution in [0, 0.1) is 11.6 Å². The van der Waals surface area contributed by atoms with Crippen LogP contribution < -0.4 is 4.72 Å². The van der Waals surface area contributed by atoms with E-state index in [1.165, 1.54) is 0 Å². The van der Waals surface area contributed by atoms with E-state index in [4.69, 9.17) is 0 Å². The number of fused-ring (bicyclic) bond motifs is 1. The number of halogens is 3. The average molecular weight is 444 g/mol. The normalized spacial score (nSPS) is 11.8. The molecule has 0 radical (unpaired) electrons. The third-order valence-electron chi connectivity index (χ3n) is 3.87. The summed E-state index contributed by atoms with van der Waals surface area (Å²) < 4.78 is 55.7. The van der Waals surface area contributed by atoms with Gasteiger partial charge in [0.2, 0.25) is 10.0 Å². The van der Waals surface area contributed by atoms with Gasteiger partial charge < -0.3 is 4.98 Å². The number of hydrogen-bond acceptors (Lipinski definition) is 3. The maximum Gasteiger partial charge on any atom is 0.232 e. The molecule has 1 aromatic carbocycles. The highest BCUT2D eigenvalue weighted by Crippen LogP contribution is 2.28. The van der Waals surface area contributed by atoms with Gasteiger partial charge in [0.1, 0.15) is 11.5 Å². The molecule has 0 spiro atoms. The van der Waals surface area contributed by atoms with E-state index in [1.54, 1.807) is 25.4 Å². The number of rotatable bonds is 6. The predicted molar refractivity (Wildman–Crippen MR) is 101 cm³/mol. The Morgan fingerprint density at radius 2 is 2.08 bits per heavy atom. The number of nitrogens with zero attached hydrogens (tertiary/aromatic N) is 1. The Bertz CT molecular complexity index is 1070. The summed E-state index contributed by atoms with van der Waals surface area (Å²) in [5, 5.41) is 0.732. The highest BCUT2D eigenvalue weighted by atomic mass is 79.9. The minimum Gasteiger partial charge on any atom is -0.346 e. The minimum absolute atomic E-state index is 0.0425. The summed E-state index contributed by atoms with van der Waals surface area (Å²) in [5.74, 6) is -1.79. The van der Waals surface area contributed by atoms with Crippen LogP contribution in [0.15, 0.2) is 35.1 Å². The van der Waals surface area contributed by atoms with Gasteiger partial charge in [-0.15, -0.1) is 0 Å². The number of sulfonamides is 1. The maximum atomic E-state index is 14.8. The van der Waals surface area contributed by atoms with Crippen LogP contribution in [-0.2, 0) is 16.4 Å². The van der Waals surface area contributed by atoms with Gasteiger partial charge in [-0.2, -0.15) is 0 Å². The van der Waals surface area contributed by atoms with Crippen LogP contribution in [0.2, 0.25) is 0 Å². The molecule has 26 heavy (non-hydrogen) atoms. The van der Waals surface area contributed by atoms with E-state index in [0.717, 1.165) is 22.0 Å². The molecule has 0 saturated carbocycles. The summed E-state index contributed by atoms with van der Waals surface area (Å²) in [7, 11) is -3.67. The van der Waals surface area contributed by atoms with Gasteiger partial charge in [-0.1, -0.05) is 6.92 Å². The van der Waals surface area contributed by atoms with Crippen molar-refractivity contribution < 1.29 is 17.2 Å². The molecular formula is C17H16BrF2N3O2S. The zero-order valence-electron chi connectivity index (χ0n) is 13.8. The van der Waals surface area contributed by atoms with Crippen LogP contribution in [0.3, 0.4) is 0 Å². The molecule has 0 saturated heterocycles. The fourth-order valence-electron chi connectivity index (χ4n) is 2.69. The molecule has 0 amide bonds. The third kappa shape index (κ3) is 3.88. The molecule has 0 atom stereocenters. The largest absolute Gasteiger partial charge is 0.346 e. The quantitative estimate of drug-likeness (QED) is 0.594. The van der Waals surface area contributed by atoms with E-state index < -0.39 is 21.7 Å². The first-order chi connectivity index (χ1) is 12.3. The zero-order valence-corrected chi connectivity index (χ0v) is 16.2. The van der Waals surface area contributed by atoms with Crippen LogP contribution in [0.1, 0.15) is 24.5 Å². The maximum absolute atomic E-state index is 14.8. The first-order valence-electron chi connectivity index (χ1n) is 7.89. The highest BCUT2D eigenvalue weighted by molar-refractivity contribution is 9.10. The van der Waals surface area contributed by atoms with Crippen molar-refractivity contribution >= 4 is 42.7 Å². The van der Waals surface area contributed by atoms with E-state index in [9.17, 15) is 17.2 Å². The van der Waals surface area contributed by atoms with Gasteiger partial charge in [0.15, 0.2) is 5.82 Å². The monoisotopic (exact) mass is 443 g/mol. The van der Waals surface area contributed by atoms with Crippen molar-refractivity contribution in [1.82, 2.24) is 9.97 Å². The number of hydrogen-bond donors (Lipinski definition) is 2. The third-order valence-corrected chi connectivity index (χ3v) is 5.79. The summed E-state index contributed by atoms with van der Waals surface area (Å²) in [6.07, 6.45) is 3.60. The van der Waals surface area contributed by atoms with Crippen molar-refractivity contribution in [2.45, 2.75) is 19.8 Å². The van der Waals surface area contributed by atoms with Gasteiger partial charge in [0.25, 0.3) is 0 Å².